The van der Waals surface area contributed by atoms with Crippen LogP contribution < -0.4 is 5.32 Å². The summed E-state index contributed by atoms with van der Waals surface area (Å²) in [4.78, 5) is 22.9. The Morgan fingerprint density at radius 2 is 1.87 bits per heavy atom. The van der Waals surface area contributed by atoms with Gasteiger partial charge in [-0.05, 0) is 43.6 Å². The van der Waals surface area contributed by atoms with Crippen molar-refractivity contribution in [2.75, 3.05) is 5.32 Å². The molecule has 6 rings (SSSR count). The van der Waals surface area contributed by atoms with Crippen molar-refractivity contribution >= 4 is 22.8 Å². The van der Waals surface area contributed by atoms with Gasteiger partial charge in [-0.25, -0.2) is 23.1 Å². The van der Waals surface area contributed by atoms with Crippen molar-refractivity contribution in [3.05, 3.63) is 42.0 Å². The van der Waals surface area contributed by atoms with Crippen LogP contribution in [0.5, 0.6) is 0 Å². The van der Waals surface area contributed by atoms with E-state index in [2.05, 4.69) is 20.3 Å². The van der Waals surface area contributed by atoms with Gasteiger partial charge in [-0.15, -0.1) is 0 Å². The molecule has 31 heavy (non-hydrogen) atoms. The van der Waals surface area contributed by atoms with E-state index >= 15 is 0 Å². The fourth-order valence-electron chi connectivity index (χ4n) is 5.31. The van der Waals surface area contributed by atoms with Crippen LogP contribution in [-0.4, -0.2) is 32.1 Å². The van der Waals surface area contributed by atoms with E-state index in [0.717, 1.165) is 44.4 Å². The molecule has 3 heterocycles. The summed E-state index contributed by atoms with van der Waals surface area (Å²) in [5, 5.41) is 13.2. The number of aliphatic carboxylic acids is 1. The minimum atomic E-state index is -0.907. The van der Waals surface area contributed by atoms with Crippen LogP contribution in [-0.2, 0) is 4.79 Å². The van der Waals surface area contributed by atoms with E-state index in [9.17, 15) is 23.1 Å². The van der Waals surface area contributed by atoms with Crippen molar-refractivity contribution in [2.24, 2.45) is 17.8 Å². The second-order valence-corrected chi connectivity index (χ2v) is 8.46. The number of H-pyrrole nitrogens is 1. The summed E-state index contributed by atoms with van der Waals surface area (Å²) < 4.78 is 43.0. The van der Waals surface area contributed by atoms with E-state index in [-0.39, 0.29) is 28.9 Å². The lowest BCUT2D eigenvalue weighted by molar-refractivity contribution is -0.145. The number of halogens is 3. The van der Waals surface area contributed by atoms with E-state index < -0.39 is 35.4 Å². The molecule has 0 saturated heterocycles. The zero-order valence-electron chi connectivity index (χ0n) is 16.5. The molecule has 3 N–H and O–H groups in total. The molecule has 0 spiro atoms. The first kappa shape index (κ1) is 19.8. The number of hydrogen-bond acceptors (Lipinski definition) is 4. The molecule has 3 aromatic rings. The van der Waals surface area contributed by atoms with Crippen LogP contribution >= 0.6 is 0 Å². The molecule has 0 aliphatic heterocycles. The van der Waals surface area contributed by atoms with E-state index in [1.54, 1.807) is 0 Å². The van der Waals surface area contributed by atoms with Crippen LogP contribution in [0.3, 0.4) is 0 Å². The van der Waals surface area contributed by atoms with Gasteiger partial charge in [0.25, 0.3) is 0 Å². The fourth-order valence-corrected chi connectivity index (χ4v) is 5.31. The number of fused-ring (bicyclic) bond motifs is 5. The largest absolute Gasteiger partial charge is 0.481 e. The first-order chi connectivity index (χ1) is 14.9. The van der Waals surface area contributed by atoms with Crippen molar-refractivity contribution in [1.82, 2.24) is 15.0 Å². The number of carboxylic acids is 1. The number of carbonyl (C=O) groups is 1. The van der Waals surface area contributed by atoms with Crippen molar-refractivity contribution in [3.63, 3.8) is 0 Å². The quantitative estimate of drug-likeness (QED) is 0.557. The van der Waals surface area contributed by atoms with E-state index in [1.165, 1.54) is 12.3 Å². The minimum absolute atomic E-state index is 0.0272. The lowest BCUT2D eigenvalue weighted by atomic mass is 9.71. The minimum Gasteiger partial charge on any atom is -0.481 e. The summed E-state index contributed by atoms with van der Waals surface area (Å²) in [5.41, 5.74) is 0.441. The normalized spacial score (nSPS) is 25.5. The predicted octanol–water partition coefficient (Wildman–Crippen LogP) is 4.73. The molecule has 3 aromatic heterocycles. The van der Waals surface area contributed by atoms with Gasteiger partial charge in [-0.3, -0.25) is 4.79 Å². The summed E-state index contributed by atoms with van der Waals surface area (Å²) >= 11 is 0. The molecule has 6 nitrogen and oxygen atoms in total. The van der Waals surface area contributed by atoms with E-state index in [1.807, 2.05) is 0 Å². The van der Waals surface area contributed by atoms with Crippen LogP contribution in [0.15, 0.2) is 24.5 Å². The molecule has 3 aliphatic carbocycles. The van der Waals surface area contributed by atoms with Gasteiger partial charge in [0, 0.05) is 29.3 Å². The molecule has 162 valence electrons. The molecule has 9 heteroatoms. The highest BCUT2D eigenvalue weighted by Gasteiger charge is 2.45. The maximum atomic E-state index is 14.7. The number of rotatable bonds is 4. The van der Waals surface area contributed by atoms with Crippen molar-refractivity contribution in [2.45, 2.75) is 38.1 Å². The summed E-state index contributed by atoms with van der Waals surface area (Å²) in [6.45, 7) is 0. The van der Waals surface area contributed by atoms with Crippen LogP contribution in [0, 0.1) is 35.2 Å². The summed E-state index contributed by atoms with van der Waals surface area (Å²) in [6, 6.07) is 1.44. The molecule has 3 aliphatic rings. The molecule has 4 atom stereocenters. The number of pyridine rings is 2. The fraction of sp³-hybridized carbons (Fsp3) is 0.409. The number of nitrogens with one attached hydrogen (secondary N) is 2. The molecule has 0 radical (unpaired) electrons. The highest BCUT2D eigenvalue weighted by atomic mass is 19.1. The lowest BCUT2D eigenvalue weighted by Gasteiger charge is -2.39. The van der Waals surface area contributed by atoms with Gasteiger partial charge in [-0.1, -0.05) is 6.42 Å². The summed E-state index contributed by atoms with van der Waals surface area (Å²) in [5.74, 6) is -4.02. The van der Waals surface area contributed by atoms with Gasteiger partial charge in [0.15, 0.2) is 17.5 Å². The zero-order valence-corrected chi connectivity index (χ0v) is 16.5. The Kier molecular flexibility index (Phi) is 4.83. The average Bonchev–Trinajstić information content (AvgIpc) is 2.89. The molecule has 0 amide bonds. The number of carboxylic acid groups (broad SMARTS) is 1. The standard InChI is InChI=1S/C22H21F3N4O2/c23-12-6-13-14(9-27-20(13)26-8-12)19-15(24)7-16(25)21(29-19)28-18-11-3-1-2-10(4-5-11)17(18)22(30)31/h6-11,17-18H,1-5H2,(H,26,27)(H,28,29)(H,30,31)/t10?,11?,17?,18-/m0/s1. The first-order valence-corrected chi connectivity index (χ1v) is 10.4. The third kappa shape index (κ3) is 3.41. The monoisotopic (exact) mass is 430 g/mol. The zero-order chi connectivity index (χ0) is 21.7. The molecular weight excluding hydrogens is 409 g/mol. The Balaban J connectivity index is 1.56. The lowest BCUT2D eigenvalue weighted by Crippen LogP contribution is -2.46. The number of nitrogens with zero attached hydrogens (tertiary/aromatic N) is 2. The average molecular weight is 430 g/mol. The third-order valence-corrected chi connectivity index (χ3v) is 6.73. The number of hydrogen-bond donors (Lipinski definition) is 3. The van der Waals surface area contributed by atoms with E-state index in [4.69, 9.17) is 0 Å². The Morgan fingerprint density at radius 1 is 1.10 bits per heavy atom. The third-order valence-electron chi connectivity index (χ3n) is 6.73. The second kappa shape index (κ2) is 7.55. The van der Waals surface area contributed by atoms with Gasteiger partial charge in [0.2, 0.25) is 0 Å². The molecule has 3 unspecified atom stereocenters. The second-order valence-electron chi connectivity index (χ2n) is 8.46. The van der Waals surface area contributed by atoms with Crippen molar-refractivity contribution in [1.29, 1.82) is 0 Å². The molecule has 0 aromatic carbocycles. The molecular formula is C22H21F3N4O2. The van der Waals surface area contributed by atoms with Crippen LogP contribution in [0.25, 0.3) is 22.3 Å². The SMILES string of the molecule is O=C(O)C1C2CCCC(CC2)[C@@H]1Nc1nc(-c2c[nH]c3ncc(F)cc23)c(F)cc1F. The molecule has 3 saturated carbocycles. The Hall–Kier alpha value is -3.10. The van der Waals surface area contributed by atoms with Gasteiger partial charge >= 0.3 is 5.97 Å². The van der Waals surface area contributed by atoms with Gasteiger partial charge in [0.05, 0.1) is 12.1 Å². The Labute approximate surface area is 175 Å². The smallest absolute Gasteiger partial charge is 0.308 e. The van der Waals surface area contributed by atoms with Crippen LogP contribution in [0.2, 0.25) is 0 Å². The number of anilines is 1. The number of aromatic amines is 1. The van der Waals surface area contributed by atoms with Gasteiger partial charge in [-0.2, -0.15) is 0 Å². The van der Waals surface area contributed by atoms with E-state index in [0.29, 0.717) is 11.0 Å². The van der Waals surface area contributed by atoms with Crippen molar-refractivity contribution in [3.8, 4) is 11.3 Å². The highest BCUT2D eigenvalue weighted by molar-refractivity contribution is 5.92. The van der Waals surface area contributed by atoms with Crippen LogP contribution in [0.4, 0.5) is 19.0 Å². The summed E-state index contributed by atoms with van der Waals surface area (Å²) in [7, 11) is 0. The highest BCUT2D eigenvalue weighted by Crippen LogP contribution is 2.44. The topological polar surface area (TPSA) is 90.9 Å². The number of aromatic nitrogens is 3. The molecule has 2 bridgehead atoms. The maximum absolute atomic E-state index is 14.7. The summed E-state index contributed by atoms with van der Waals surface area (Å²) in [6.07, 6.45) is 6.84. The van der Waals surface area contributed by atoms with Crippen LogP contribution in [0.1, 0.15) is 32.1 Å². The predicted molar refractivity (Wildman–Crippen MR) is 108 cm³/mol. The Morgan fingerprint density at radius 3 is 2.68 bits per heavy atom. The van der Waals surface area contributed by atoms with Gasteiger partial charge < -0.3 is 15.4 Å². The molecule has 3 fully saturated rings. The van der Waals surface area contributed by atoms with Gasteiger partial charge in [0.1, 0.15) is 17.2 Å². The Bertz CT molecular complexity index is 1160. The maximum Gasteiger partial charge on any atom is 0.308 e. The first-order valence-electron chi connectivity index (χ1n) is 10.4. The van der Waals surface area contributed by atoms with Crippen molar-refractivity contribution < 1.29 is 23.1 Å².